The number of hydrogen-bond donors (Lipinski definition) is 0. The van der Waals surface area contributed by atoms with E-state index in [0.717, 1.165) is 6.07 Å². The van der Waals surface area contributed by atoms with Crippen molar-refractivity contribution >= 4 is 22.4 Å². The van der Waals surface area contributed by atoms with Crippen molar-refractivity contribution in [1.29, 1.82) is 0 Å². The molecule has 0 aliphatic rings. The minimum Gasteiger partial charge on any atom is -0.259 e. The Balaban J connectivity index is 2.95. The van der Waals surface area contributed by atoms with E-state index in [1.165, 1.54) is 12.3 Å². The zero-order chi connectivity index (χ0) is 11.6. The monoisotopic (exact) mass is 253 g/mol. The van der Waals surface area contributed by atoms with Crippen LogP contribution in [-0.4, -0.2) is 15.4 Å². The number of hydrogen-bond acceptors (Lipinski definition) is 2. The van der Waals surface area contributed by atoms with Gasteiger partial charge in [-0.2, -0.15) is 8.78 Å². The minimum atomic E-state index is -3.45. The smallest absolute Gasteiger partial charge is 0.259 e. The van der Waals surface area contributed by atoms with E-state index in [0.29, 0.717) is 5.56 Å². The molecule has 0 bridgehead atoms. The molecule has 2 nitrogen and oxygen atoms in total. The average molecular weight is 254 g/mol. The third-order valence-corrected chi connectivity index (χ3v) is 3.51. The largest absolute Gasteiger partial charge is 0.364 e. The van der Waals surface area contributed by atoms with Gasteiger partial charge in [0, 0.05) is 23.3 Å². The second-order valence-corrected chi connectivity index (χ2v) is 5.29. The normalized spacial score (nSPS) is 16.1. The van der Waals surface area contributed by atoms with Gasteiger partial charge < -0.3 is 0 Å². The summed E-state index contributed by atoms with van der Waals surface area (Å²) in [4.78, 5) is 3.54. The van der Waals surface area contributed by atoms with E-state index in [1.807, 2.05) is 0 Å². The van der Waals surface area contributed by atoms with Crippen molar-refractivity contribution < 1.29 is 13.0 Å². The summed E-state index contributed by atoms with van der Waals surface area (Å²) in [6.07, 6.45) is 2.83. The highest BCUT2D eigenvalue weighted by Crippen LogP contribution is 2.31. The standard InChI is InChI=1S/C9H10ClF2NOS/c1-6(15(2)14)7-3-4-8(13-5-7)9(10,11)12/h3-6H,1-2H3. The molecule has 0 amide bonds. The highest BCUT2D eigenvalue weighted by atomic mass is 35.5. The first-order valence-electron chi connectivity index (χ1n) is 4.17. The molecule has 0 aromatic carbocycles. The van der Waals surface area contributed by atoms with E-state index < -0.39 is 21.9 Å². The highest BCUT2D eigenvalue weighted by molar-refractivity contribution is 7.84. The van der Waals surface area contributed by atoms with Gasteiger partial charge in [-0.25, -0.2) is 0 Å². The maximum absolute atomic E-state index is 12.6. The van der Waals surface area contributed by atoms with Crippen LogP contribution in [0.5, 0.6) is 0 Å². The van der Waals surface area contributed by atoms with Crippen molar-refractivity contribution in [3.8, 4) is 0 Å². The Kier molecular flexibility index (Phi) is 3.78. The quantitative estimate of drug-likeness (QED) is 0.776. The predicted octanol–water partition coefficient (Wildman–Crippen LogP) is 2.81. The molecule has 2 atom stereocenters. The van der Waals surface area contributed by atoms with Gasteiger partial charge in [-0.05, 0) is 30.2 Å². The fourth-order valence-electron chi connectivity index (χ4n) is 1.01. The van der Waals surface area contributed by atoms with Gasteiger partial charge in [-0.15, -0.1) is 0 Å². The van der Waals surface area contributed by atoms with Gasteiger partial charge in [0.25, 0.3) is 0 Å². The van der Waals surface area contributed by atoms with Crippen LogP contribution in [-0.2, 0) is 16.2 Å². The summed E-state index contributed by atoms with van der Waals surface area (Å²) in [5.41, 5.74) is 0.155. The molecular weight excluding hydrogens is 244 g/mol. The van der Waals surface area contributed by atoms with E-state index in [1.54, 1.807) is 13.2 Å². The molecule has 0 saturated carbocycles. The molecule has 1 heterocycles. The summed E-state index contributed by atoms with van der Waals surface area (Å²) < 4.78 is 36.3. The van der Waals surface area contributed by atoms with E-state index >= 15 is 0 Å². The summed E-state index contributed by atoms with van der Waals surface area (Å²) in [6, 6.07) is 2.61. The van der Waals surface area contributed by atoms with E-state index in [9.17, 15) is 13.0 Å². The average Bonchev–Trinajstić information content (AvgIpc) is 2.15. The molecule has 2 unspecified atom stereocenters. The SMILES string of the molecule is CC(c1ccc(C(F)(F)Cl)nc1)S(C)=O. The lowest BCUT2D eigenvalue weighted by Crippen LogP contribution is -2.08. The van der Waals surface area contributed by atoms with Crippen LogP contribution in [0.3, 0.4) is 0 Å². The van der Waals surface area contributed by atoms with Crippen LogP contribution in [0.15, 0.2) is 18.3 Å². The van der Waals surface area contributed by atoms with E-state index in [2.05, 4.69) is 4.98 Å². The lowest BCUT2D eigenvalue weighted by molar-refractivity contribution is 0.0900. The van der Waals surface area contributed by atoms with Crippen LogP contribution in [0.2, 0.25) is 0 Å². The van der Waals surface area contributed by atoms with Crippen molar-refractivity contribution in [2.24, 2.45) is 0 Å². The Morgan fingerprint density at radius 2 is 2.13 bits per heavy atom. The van der Waals surface area contributed by atoms with Crippen LogP contribution in [0.1, 0.15) is 23.4 Å². The lowest BCUT2D eigenvalue weighted by Gasteiger charge is -2.10. The van der Waals surface area contributed by atoms with Crippen LogP contribution < -0.4 is 0 Å². The molecule has 0 aliphatic heterocycles. The summed E-state index contributed by atoms with van der Waals surface area (Å²) >= 11 is 4.80. The van der Waals surface area contributed by atoms with Gasteiger partial charge in [0.1, 0.15) is 5.69 Å². The van der Waals surface area contributed by atoms with Crippen LogP contribution >= 0.6 is 11.6 Å². The Bertz CT molecular complexity index is 363. The van der Waals surface area contributed by atoms with Crippen molar-refractivity contribution in [1.82, 2.24) is 4.98 Å². The van der Waals surface area contributed by atoms with Crippen molar-refractivity contribution in [2.45, 2.75) is 17.6 Å². The van der Waals surface area contributed by atoms with Crippen LogP contribution in [0.25, 0.3) is 0 Å². The van der Waals surface area contributed by atoms with Gasteiger partial charge in [-0.1, -0.05) is 6.07 Å². The van der Waals surface area contributed by atoms with Gasteiger partial charge in [-0.3, -0.25) is 9.19 Å². The first kappa shape index (κ1) is 12.5. The third-order valence-electron chi connectivity index (χ3n) is 2.04. The number of alkyl halides is 3. The number of aromatic nitrogens is 1. The first-order valence-corrected chi connectivity index (χ1v) is 6.17. The molecule has 0 fully saturated rings. The number of pyridine rings is 1. The maximum atomic E-state index is 12.6. The second-order valence-electron chi connectivity index (χ2n) is 3.12. The minimum absolute atomic E-state index is 0.226. The van der Waals surface area contributed by atoms with Crippen LogP contribution in [0.4, 0.5) is 8.78 Å². The Morgan fingerprint density at radius 1 is 1.53 bits per heavy atom. The maximum Gasteiger partial charge on any atom is 0.364 e. The van der Waals surface area contributed by atoms with E-state index in [4.69, 9.17) is 11.6 Å². The topological polar surface area (TPSA) is 30.0 Å². The number of rotatable bonds is 3. The molecule has 0 radical (unpaired) electrons. The van der Waals surface area contributed by atoms with Gasteiger partial charge in [0.05, 0.1) is 5.25 Å². The van der Waals surface area contributed by atoms with Crippen LogP contribution in [0, 0.1) is 0 Å². The number of nitrogens with zero attached hydrogens (tertiary/aromatic N) is 1. The molecule has 1 aromatic rings. The van der Waals surface area contributed by atoms with Gasteiger partial charge in [0.15, 0.2) is 0 Å². The molecule has 0 N–H and O–H groups in total. The summed E-state index contributed by atoms with van der Waals surface area (Å²) in [6.45, 7) is 1.74. The molecule has 0 spiro atoms. The van der Waals surface area contributed by atoms with Crippen molar-refractivity contribution in [2.75, 3.05) is 6.26 Å². The Morgan fingerprint density at radius 3 is 2.47 bits per heavy atom. The molecule has 0 saturated heterocycles. The van der Waals surface area contributed by atoms with E-state index in [-0.39, 0.29) is 5.25 Å². The fourth-order valence-corrected chi connectivity index (χ4v) is 1.64. The zero-order valence-electron chi connectivity index (χ0n) is 8.21. The van der Waals surface area contributed by atoms with Crippen molar-refractivity contribution in [3.63, 3.8) is 0 Å². The molecular formula is C9H10ClF2NOS. The molecule has 15 heavy (non-hydrogen) atoms. The molecule has 1 aromatic heterocycles. The molecule has 84 valence electrons. The first-order chi connectivity index (χ1) is 6.82. The fraction of sp³-hybridized carbons (Fsp3) is 0.444. The van der Waals surface area contributed by atoms with Gasteiger partial charge >= 0.3 is 5.38 Å². The Labute approximate surface area is 94.1 Å². The lowest BCUT2D eigenvalue weighted by atomic mass is 10.2. The summed E-state index contributed by atoms with van der Waals surface area (Å²) in [5, 5.41) is -3.68. The number of halogens is 3. The third kappa shape index (κ3) is 3.21. The predicted molar refractivity (Wildman–Crippen MR) is 56.5 cm³/mol. The van der Waals surface area contributed by atoms with Gasteiger partial charge in [0.2, 0.25) is 0 Å². The molecule has 6 heteroatoms. The molecule has 0 aliphatic carbocycles. The second kappa shape index (κ2) is 4.53. The Hall–Kier alpha value is -0.550. The summed E-state index contributed by atoms with van der Waals surface area (Å²) in [7, 11) is -1.05. The molecule has 1 rings (SSSR count). The summed E-state index contributed by atoms with van der Waals surface area (Å²) in [5.74, 6) is 0. The van der Waals surface area contributed by atoms with Crippen molar-refractivity contribution in [3.05, 3.63) is 29.6 Å². The zero-order valence-corrected chi connectivity index (χ0v) is 9.78. The highest BCUT2D eigenvalue weighted by Gasteiger charge is 2.29.